The zero-order valence-corrected chi connectivity index (χ0v) is 15.2. The number of amides is 1. The van der Waals surface area contributed by atoms with Gasteiger partial charge in [0, 0.05) is 30.1 Å². The Morgan fingerprint density at radius 3 is 2.63 bits per heavy atom. The van der Waals surface area contributed by atoms with E-state index in [4.69, 9.17) is 9.47 Å². The molecule has 136 valence electrons. The first-order chi connectivity index (χ1) is 13.3. The smallest absolute Gasteiger partial charge is 0.255 e. The summed E-state index contributed by atoms with van der Waals surface area (Å²) in [4.78, 5) is 21.2. The molecule has 1 aliphatic rings. The number of nitrogens with zero attached hydrogens (tertiary/aromatic N) is 2. The summed E-state index contributed by atoms with van der Waals surface area (Å²) >= 11 is 1.44. The molecule has 1 amide bonds. The average molecular weight is 379 g/mol. The lowest BCUT2D eigenvalue weighted by molar-refractivity contribution is 0.102. The minimum absolute atomic E-state index is 0.217. The molecule has 6 nitrogen and oxygen atoms in total. The largest absolute Gasteiger partial charge is 0.490 e. The van der Waals surface area contributed by atoms with Crippen molar-refractivity contribution in [1.29, 1.82) is 0 Å². The van der Waals surface area contributed by atoms with E-state index in [1.807, 2.05) is 24.3 Å². The fraction of sp³-hybridized carbons (Fsp3) is 0.150. The quantitative estimate of drug-likeness (QED) is 0.737. The van der Waals surface area contributed by atoms with Gasteiger partial charge in [-0.25, -0.2) is 9.97 Å². The molecular formula is C20H17N3O3S. The highest BCUT2D eigenvalue weighted by Crippen LogP contribution is 2.31. The van der Waals surface area contributed by atoms with E-state index in [1.54, 1.807) is 36.7 Å². The van der Waals surface area contributed by atoms with E-state index in [9.17, 15) is 4.79 Å². The summed E-state index contributed by atoms with van der Waals surface area (Å²) in [5.41, 5.74) is 1.18. The second-order valence-corrected chi connectivity index (χ2v) is 6.86. The molecule has 0 atom stereocenters. The molecular weight excluding hydrogens is 362 g/mol. The molecule has 0 unspecified atom stereocenters. The summed E-state index contributed by atoms with van der Waals surface area (Å²) in [6.07, 6.45) is 4.22. The van der Waals surface area contributed by atoms with Crippen molar-refractivity contribution in [2.75, 3.05) is 18.5 Å². The standard InChI is InChI=1S/C20H17N3O3S/c24-20(14-5-6-16-17(12-14)26-11-3-10-25-16)23-15-7-9-22-19(13-15)27-18-4-1-2-8-21-18/h1-2,4-9,12-13H,3,10-11H2,(H,22,23,24). The maximum Gasteiger partial charge on any atom is 0.255 e. The van der Waals surface area contributed by atoms with E-state index in [1.165, 1.54) is 11.8 Å². The number of hydrogen-bond donors (Lipinski definition) is 1. The number of carbonyl (C=O) groups excluding carboxylic acids is 1. The number of rotatable bonds is 4. The summed E-state index contributed by atoms with van der Waals surface area (Å²) in [7, 11) is 0. The van der Waals surface area contributed by atoms with Crippen LogP contribution in [0.15, 0.2) is 71.0 Å². The molecule has 0 aliphatic carbocycles. The maximum absolute atomic E-state index is 12.6. The molecule has 1 N–H and O–H groups in total. The summed E-state index contributed by atoms with van der Waals surface area (Å²) in [5.74, 6) is 1.05. The molecule has 0 spiro atoms. The van der Waals surface area contributed by atoms with Crippen molar-refractivity contribution >= 4 is 23.4 Å². The number of pyridine rings is 2. The third-order valence-corrected chi connectivity index (χ3v) is 4.73. The van der Waals surface area contributed by atoms with Crippen molar-refractivity contribution in [3.63, 3.8) is 0 Å². The van der Waals surface area contributed by atoms with E-state index in [-0.39, 0.29) is 5.91 Å². The third kappa shape index (κ3) is 4.38. The Labute approximate surface area is 161 Å². The molecule has 1 aromatic carbocycles. The molecule has 27 heavy (non-hydrogen) atoms. The topological polar surface area (TPSA) is 73.3 Å². The molecule has 0 bridgehead atoms. The molecule has 1 aliphatic heterocycles. The van der Waals surface area contributed by atoms with Gasteiger partial charge in [-0.3, -0.25) is 4.79 Å². The van der Waals surface area contributed by atoms with E-state index in [0.717, 1.165) is 16.5 Å². The van der Waals surface area contributed by atoms with Crippen LogP contribution in [0.2, 0.25) is 0 Å². The molecule has 7 heteroatoms. The Bertz CT molecular complexity index is 950. The van der Waals surface area contributed by atoms with Gasteiger partial charge in [0.15, 0.2) is 11.5 Å². The minimum atomic E-state index is -0.217. The van der Waals surface area contributed by atoms with Gasteiger partial charge >= 0.3 is 0 Å². The minimum Gasteiger partial charge on any atom is -0.490 e. The van der Waals surface area contributed by atoms with Crippen LogP contribution in [0.3, 0.4) is 0 Å². The molecule has 0 fully saturated rings. The monoisotopic (exact) mass is 379 g/mol. The van der Waals surface area contributed by atoms with Crippen LogP contribution in [-0.2, 0) is 0 Å². The van der Waals surface area contributed by atoms with Gasteiger partial charge in [0.2, 0.25) is 0 Å². The fourth-order valence-electron chi connectivity index (χ4n) is 2.57. The zero-order valence-electron chi connectivity index (χ0n) is 14.4. The second-order valence-electron chi connectivity index (χ2n) is 5.82. The van der Waals surface area contributed by atoms with Crippen LogP contribution in [0.4, 0.5) is 5.69 Å². The van der Waals surface area contributed by atoms with E-state index >= 15 is 0 Å². The number of benzene rings is 1. The van der Waals surface area contributed by atoms with Crippen molar-refractivity contribution < 1.29 is 14.3 Å². The van der Waals surface area contributed by atoms with E-state index < -0.39 is 0 Å². The Kier molecular flexibility index (Phi) is 5.20. The van der Waals surface area contributed by atoms with Crippen LogP contribution in [0.1, 0.15) is 16.8 Å². The summed E-state index contributed by atoms with van der Waals surface area (Å²) in [6.45, 7) is 1.20. The molecule has 3 heterocycles. The predicted octanol–water partition coefficient (Wildman–Crippen LogP) is 4.04. The molecule has 0 radical (unpaired) electrons. The Morgan fingerprint density at radius 2 is 1.78 bits per heavy atom. The number of fused-ring (bicyclic) bond motifs is 1. The molecule has 0 saturated heterocycles. The van der Waals surface area contributed by atoms with Crippen LogP contribution < -0.4 is 14.8 Å². The van der Waals surface area contributed by atoms with Gasteiger partial charge in [-0.15, -0.1) is 0 Å². The molecule has 0 saturated carbocycles. The number of nitrogens with one attached hydrogen (secondary N) is 1. The highest BCUT2D eigenvalue weighted by atomic mass is 32.2. The van der Waals surface area contributed by atoms with Crippen LogP contribution in [0, 0.1) is 0 Å². The number of aromatic nitrogens is 2. The van der Waals surface area contributed by atoms with Gasteiger partial charge in [0.1, 0.15) is 10.1 Å². The highest BCUT2D eigenvalue weighted by Gasteiger charge is 2.14. The molecule has 2 aromatic heterocycles. The van der Waals surface area contributed by atoms with Crippen molar-refractivity contribution in [3.05, 3.63) is 66.5 Å². The van der Waals surface area contributed by atoms with Crippen LogP contribution in [-0.4, -0.2) is 29.1 Å². The van der Waals surface area contributed by atoms with Gasteiger partial charge in [-0.05, 0) is 42.5 Å². The lowest BCUT2D eigenvalue weighted by atomic mass is 10.2. The Hall–Kier alpha value is -3.06. The number of ether oxygens (including phenoxy) is 2. The predicted molar refractivity (Wildman–Crippen MR) is 103 cm³/mol. The first-order valence-electron chi connectivity index (χ1n) is 8.54. The van der Waals surface area contributed by atoms with Crippen LogP contribution >= 0.6 is 11.8 Å². The average Bonchev–Trinajstić information content (AvgIpc) is 2.94. The lowest BCUT2D eigenvalue weighted by Gasteiger charge is -2.10. The first kappa shape index (κ1) is 17.4. The van der Waals surface area contributed by atoms with Crippen molar-refractivity contribution in [2.24, 2.45) is 0 Å². The van der Waals surface area contributed by atoms with E-state index in [0.29, 0.717) is 36.0 Å². The Morgan fingerprint density at radius 1 is 0.926 bits per heavy atom. The van der Waals surface area contributed by atoms with Crippen LogP contribution in [0.25, 0.3) is 0 Å². The second kappa shape index (κ2) is 8.09. The van der Waals surface area contributed by atoms with Gasteiger partial charge in [-0.2, -0.15) is 0 Å². The summed E-state index contributed by atoms with van der Waals surface area (Å²) in [6, 6.07) is 14.5. The van der Waals surface area contributed by atoms with Crippen molar-refractivity contribution in [1.82, 2.24) is 9.97 Å². The van der Waals surface area contributed by atoms with Crippen molar-refractivity contribution in [3.8, 4) is 11.5 Å². The normalized spacial score (nSPS) is 12.9. The first-order valence-corrected chi connectivity index (χ1v) is 9.35. The highest BCUT2D eigenvalue weighted by molar-refractivity contribution is 7.99. The number of anilines is 1. The number of hydrogen-bond acceptors (Lipinski definition) is 6. The number of carbonyl (C=O) groups is 1. The lowest BCUT2D eigenvalue weighted by Crippen LogP contribution is -2.12. The van der Waals surface area contributed by atoms with Gasteiger partial charge in [0.25, 0.3) is 5.91 Å². The van der Waals surface area contributed by atoms with Gasteiger partial charge in [0.05, 0.1) is 13.2 Å². The van der Waals surface area contributed by atoms with Gasteiger partial charge < -0.3 is 14.8 Å². The fourth-order valence-corrected chi connectivity index (χ4v) is 3.34. The molecule has 4 rings (SSSR count). The summed E-state index contributed by atoms with van der Waals surface area (Å²) < 4.78 is 11.2. The van der Waals surface area contributed by atoms with Crippen LogP contribution in [0.5, 0.6) is 11.5 Å². The SMILES string of the molecule is O=C(Nc1ccnc(Sc2ccccn2)c1)c1ccc2c(c1)OCCCO2. The maximum atomic E-state index is 12.6. The van der Waals surface area contributed by atoms with Gasteiger partial charge in [-0.1, -0.05) is 17.8 Å². The third-order valence-electron chi connectivity index (χ3n) is 3.85. The Balaban J connectivity index is 1.48. The van der Waals surface area contributed by atoms with E-state index in [2.05, 4.69) is 15.3 Å². The summed E-state index contributed by atoms with van der Waals surface area (Å²) in [5, 5.41) is 4.50. The zero-order chi connectivity index (χ0) is 18.5. The van der Waals surface area contributed by atoms with Crippen molar-refractivity contribution in [2.45, 2.75) is 16.5 Å². The molecule has 3 aromatic rings.